The predicted molar refractivity (Wildman–Crippen MR) is 141 cm³/mol. The molecule has 4 atom stereocenters. The molecule has 10 nitrogen and oxygen atoms in total. The summed E-state index contributed by atoms with van der Waals surface area (Å²) in [5.41, 5.74) is 3.52. The lowest BCUT2D eigenvalue weighted by molar-refractivity contribution is 0.0700. The number of hydrogen-bond acceptors (Lipinski definition) is 9. The van der Waals surface area contributed by atoms with E-state index in [0.717, 1.165) is 22.0 Å². The summed E-state index contributed by atoms with van der Waals surface area (Å²) < 4.78 is 39.9. The van der Waals surface area contributed by atoms with Gasteiger partial charge in [-0.2, -0.15) is 13.1 Å². The van der Waals surface area contributed by atoms with E-state index in [1.54, 1.807) is 0 Å². The monoisotopic (exact) mass is 608 g/mol. The standard InChI is InChI=1S/C24H25BrN4O6S2/c25-16-2-1-13-3-4-35-23(18(13)7-16)15-6-21(36-11-15)22(31)19-10-26-12-27-24(19)29-17-5-14(20(30)8-17)9-28-37(32,33)34/h1-2,6-7,10-12,14,17,20,23,28,30H,3-5,8-9H2,(H,26,27,29)(H,32,33,34)/t14-,17-,20+,23+/m1/s1. The maximum absolute atomic E-state index is 13.5. The van der Waals surface area contributed by atoms with Gasteiger partial charge in [0.25, 0.3) is 0 Å². The Morgan fingerprint density at radius 1 is 1.27 bits per heavy atom. The number of aliphatic hydroxyl groups is 1. The first-order valence-electron chi connectivity index (χ1n) is 11.7. The SMILES string of the molecule is O=C(c1cc([C@@H]2OCCc3ccc(Br)cc32)cs1)c1cncnc1N[C@@H]1C[C@H](CNS(=O)(=O)O)[C@@H](O)C1. The van der Waals surface area contributed by atoms with Crippen LogP contribution in [-0.4, -0.2) is 59.1 Å². The summed E-state index contributed by atoms with van der Waals surface area (Å²) in [7, 11) is -4.34. The van der Waals surface area contributed by atoms with Crippen molar-refractivity contribution in [3.8, 4) is 0 Å². The third-order valence-corrected chi connectivity index (χ3v) is 8.65. The molecule has 3 aromatic rings. The van der Waals surface area contributed by atoms with Crippen molar-refractivity contribution in [3.05, 3.63) is 73.8 Å². The number of ether oxygens (including phenoxy) is 1. The zero-order valence-corrected chi connectivity index (χ0v) is 22.7. The molecule has 196 valence electrons. The minimum Gasteiger partial charge on any atom is -0.393 e. The van der Waals surface area contributed by atoms with E-state index >= 15 is 0 Å². The Morgan fingerprint density at radius 2 is 2.11 bits per heavy atom. The second-order valence-corrected chi connectivity index (χ2v) is 12.2. The van der Waals surface area contributed by atoms with Gasteiger partial charge in [-0.3, -0.25) is 9.35 Å². The number of carbonyl (C=O) groups is 1. The first-order valence-corrected chi connectivity index (χ1v) is 14.8. The zero-order valence-electron chi connectivity index (χ0n) is 19.5. The number of carbonyl (C=O) groups excluding carboxylic acids is 1. The molecular weight excluding hydrogens is 584 g/mol. The van der Waals surface area contributed by atoms with Crippen LogP contribution >= 0.6 is 27.3 Å². The topological polar surface area (TPSA) is 151 Å². The van der Waals surface area contributed by atoms with Crippen LogP contribution in [0, 0.1) is 5.92 Å². The maximum Gasteiger partial charge on any atom is 0.333 e. The van der Waals surface area contributed by atoms with Crippen LogP contribution in [0.1, 0.15) is 50.9 Å². The van der Waals surface area contributed by atoms with E-state index < -0.39 is 22.3 Å². The van der Waals surface area contributed by atoms with E-state index in [-0.39, 0.29) is 24.5 Å². The van der Waals surface area contributed by atoms with Crippen LogP contribution in [0.2, 0.25) is 0 Å². The van der Waals surface area contributed by atoms with Gasteiger partial charge in [0, 0.05) is 29.2 Å². The highest BCUT2D eigenvalue weighted by Crippen LogP contribution is 2.37. The predicted octanol–water partition coefficient (Wildman–Crippen LogP) is 3.14. The van der Waals surface area contributed by atoms with E-state index in [1.807, 2.05) is 22.2 Å². The number of halogens is 1. The summed E-state index contributed by atoms with van der Waals surface area (Å²) in [6.45, 7) is 0.516. The molecule has 37 heavy (non-hydrogen) atoms. The average molecular weight is 610 g/mol. The van der Waals surface area contributed by atoms with E-state index in [1.165, 1.54) is 29.4 Å². The molecule has 2 aliphatic rings. The fraction of sp³-hybridized carbons (Fsp3) is 0.375. The third-order valence-electron chi connectivity index (χ3n) is 6.68. The summed E-state index contributed by atoms with van der Waals surface area (Å²) in [4.78, 5) is 22.3. The summed E-state index contributed by atoms with van der Waals surface area (Å²) >= 11 is 4.87. The molecule has 4 N–H and O–H groups in total. The van der Waals surface area contributed by atoms with Crippen molar-refractivity contribution in [2.45, 2.75) is 37.5 Å². The molecule has 1 aromatic carbocycles. The van der Waals surface area contributed by atoms with Gasteiger partial charge in [0.2, 0.25) is 5.78 Å². The third kappa shape index (κ3) is 6.08. The normalized spacial score (nSPS) is 23.5. The largest absolute Gasteiger partial charge is 0.393 e. The Labute approximate surface area is 226 Å². The van der Waals surface area contributed by atoms with Crippen molar-refractivity contribution in [1.82, 2.24) is 14.7 Å². The highest BCUT2D eigenvalue weighted by molar-refractivity contribution is 9.10. The minimum atomic E-state index is -4.34. The summed E-state index contributed by atoms with van der Waals surface area (Å²) in [6, 6.07) is 7.77. The van der Waals surface area contributed by atoms with Gasteiger partial charge in [0.05, 0.1) is 23.2 Å². The van der Waals surface area contributed by atoms with Crippen molar-refractivity contribution in [3.63, 3.8) is 0 Å². The molecule has 0 radical (unpaired) electrons. The van der Waals surface area contributed by atoms with Crippen molar-refractivity contribution >= 4 is 49.2 Å². The van der Waals surface area contributed by atoms with Gasteiger partial charge in [0.1, 0.15) is 18.2 Å². The zero-order chi connectivity index (χ0) is 26.2. The molecule has 1 aliphatic carbocycles. The van der Waals surface area contributed by atoms with E-state index in [0.29, 0.717) is 35.7 Å². The van der Waals surface area contributed by atoms with Crippen molar-refractivity contribution in [2.24, 2.45) is 5.92 Å². The second kappa shape index (κ2) is 10.8. The van der Waals surface area contributed by atoms with E-state index in [9.17, 15) is 18.3 Å². The van der Waals surface area contributed by atoms with Gasteiger partial charge in [-0.1, -0.05) is 22.0 Å². The number of aromatic nitrogens is 2. The Kier molecular flexibility index (Phi) is 7.73. The highest BCUT2D eigenvalue weighted by Gasteiger charge is 2.34. The second-order valence-electron chi connectivity index (χ2n) is 9.17. The number of benzene rings is 1. The van der Waals surface area contributed by atoms with Crippen LogP contribution in [0.3, 0.4) is 0 Å². The molecule has 1 saturated carbocycles. The van der Waals surface area contributed by atoms with Gasteiger partial charge in [-0.05, 0) is 59.5 Å². The summed E-state index contributed by atoms with van der Waals surface area (Å²) in [5, 5.41) is 15.5. The first-order chi connectivity index (χ1) is 17.7. The fourth-order valence-electron chi connectivity index (χ4n) is 4.89. The number of anilines is 1. The van der Waals surface area contributed by atoms with Crippen LogP contribution in [0.5, 0.6) is 0 Å². The first kappa shape index (κ1) is 26.4. The molecule has 5 rings (SSSR count). The minimum absolute atomic E-state index is 0.0886. The van der Waals surface area contributed by atoms with Gasteiger partial charge in [-0.25, -0.2) is 9.97 Å². The van der Waals surface area contributed by atoms with Crippen LogP contribution in [-0.2, 0) is 21.5 Å². The lowest BCUT2D eigenvalue weighted by atomic mass is 9.94. The number of thiophene rings is 1. The summed E-state index contributed by atoms with van der Waals surface area (Å²) in [5.74, 6) is -0.273. The molecule has 0 spiro atoms. The Morgan fingerprint density at radius 3 is 2.92 bits per heavy atom. The molecule has 0 saturated heterocycles. The number of nitrogens with one attached hydrogen (secondary N) is 2. The van der Waals surface area contributed by atoms with E-state index in [4.69, 9.17) is 9.29 Å². The lowest BCUT2D eigenvalue weighted by Crippen LogP contribution is -2.32. The van der Waals surface area contributed by atoms with Crippen molar-refractivity contribution in [2.75, 3.05) is 18.5 Å². The lowest BCUT2D eigenvalue weighted by Gasteiger charge is -2.25. The molecule has 0 unspecified atom stereocenters. The van der Waals surface area contributed by atoms with Crippen molar-refractivity contribution < 1.29 is 27.6 Å². The van der Waals surface area contributed by atoms with Crippen LogP contribution in [0.15, 0.2) is 46.6 Å². The molecule has 1 fully saturated rings. The van der Waals surface area contributed by atoms with Crippen LogP contribution < -0.4 is 10.0 Å². The molecule has 13 heteroatoms. The van der Waals surface area contributed by atoms with E-state index in [2.05, 4.69) is 43.3 Å². The Bertz CT molecular complexity index is 1420. The molecule has 1 aliphatic heterocycles. The van der Waals surface area contributed by atoms with Crippen molar-refractivity contribution in [1.29, 1.82) is 0 Å². The highest BCUT2D eigenvalue weighted by atomic mass is 79.9. The number of nitrogens with zero attached hydrogens (tertiary/aromatic N) is 2. The number of fused-ring (bicyclic) bond motifs is 1. The molecule has 3 heterocycles. The number of aliphatic hydroxyl groups excluding tert-OH is 1. The molecule has 0 bridgehead atoms. The molecular formula is C24H25BrN4O6S2. The average Bonchev–Trinajstić information content (AvgIpc) is 3.48. The van der Waals surface area contributed by atoms with Gasteiger partial charge >= 0.3 is 10.3 Å². The van der Waals surface area contributed by atoms with Gasteiger partial charge in [-0.15, -0.1) is 11.3 Å². The number of rotatable bonds is 8. The van der Waals surface area contributed by atoms with Gasteiger partial charge < -0.3 is 15.2 Å². The van der Waals surface area contributed by atoms with Crippen LogP contribution in [0.4, 0.5) is 5.82 Å². The number of ketones is 1. The quantitative estimate of drug-likeness (QED) is 0.223. The Hall–Kier alpha value is -2.26. The van der Waals surface area contributed by atoms with Crippen LogP contribution in [0.25, 0.3) is 0 Å². The molecule has 0 amide bonds. The smallest absolute Gasteiger partial charge is 0.333 e. The van der Waals surface area contributed by atoms with Gasteiger partial charge in [0.15, 0.2) is 0 Å². The summed E-state index contributed by atoms with van der Waals surface area (Å²) in [6.07, 6.45) is 3.39. The number of hydrogen-bond donors (Lipinski definition) is 4. The Balaban J connectivity index is 1.32. The maximum atomic E-state index is 13.5. The molecule has 2 aromatic heterocycles. The fourth-order valence-corrected chi connectivity index (χ4v) is 6.57.